The van der Waals surface area contributed by atoms with Crippen LogP contribution in [0.5, 0.6) is 0 Å². The molecular formula is C16H13N3O. The summed E-state index contributed by atoms with van der Waals surface area (Å²) in [5.41, 5.74) is 13.5. The van der Waals surface area contributed by atoms with Crippen LogP contribution in [-0.2, 0) is 0 Å². The minimum absolute atomic E-state index is 0.209. The lowest BCUT2D eigenvalue weighted by Gasteiger charge is -2.08. The van der Waals surface area contributed by atoms with Crippen LogP contribution in [0.2, 0.25) is 0 Å². The number of carbonyl (C=O) groups is 1. The van der Waals surface area contributed by atoms with Crippen LogP contribution in [0.15, 0.2) is 54.9 Å². The lowest BCUT2D eigenvalue weighted by molar-refractivity contribution is 0.104. The van der Waals surface area contributed by atoms with Gasteiger partial charge in [-0.15, -0.1) is 0 Å². The largest absolute Gasteiger partial charge is 0.398 e. The molecule has 4 nitrogen and oxygen atoms in total. The average molecular weight is 263 g/mol. The Morgan fingerprint density at radius 2 is 1.60 bits per heavy atom. The Kier molecular flexibility index (Phi) is 2.84. The van der Waals surface area contributed by atoms with E-state index in [4.69, 9.17) is 11.5 Å². The molecule has 3 aromatic rings. The summed E-state index contributed by atoms with van der Waals surface area (Å²) in [7, 11) is 0. The molecule has 0 fully saturated rings. The number of fused-ring (bicyclic) bond motifs is 1. The molecular weight excluding hydrogens is 250 g/mol. The third kappa shape index (κ3) is 1.97. The third-order valence-corrected chi connectivity index (χ3v) is 3.26. The van der Waals surface area contributed by atoms with E-state index < -0.39 is 0 Å². The molecule has 98 valence electrons. The zero-order chi connectivity index (χ0) is 14.1. The van der Waals surface area contributed by atoms with Gasteiger partial charge in [0.15, 0.2) is 5.78 Å². The van der Waals surface area contributed by atoms with Crippen LogP contribution < -0.4 is 11.5 Å². The molecule has 0 saturated heterocycles. The first-order valence-electron chi connectivity index (χ1n) is 6.19. The van der Waals surface area contributed by atoms with Gasteiger partial charge in [-0.05, 0) is 29.0 Å². The molecule has 20 heavy (non-hydrogen) atoms. The minimum atomic E-state index is -0.209. The number of nitrogens with two attached hydrogens (primary N) is 2. The Bertz CT molecular complexity index is 812. The van der Waals surface area contributed by atoms with E-state index in [1.807, 2.05) is 24.3 Å². The summed E-state index contributed by atoms with van der Waals surface area (Å²) >= 11 is 0. The van der Waals surface area contributed by atoms with Gasteiger partial charge in [0.2, 0.25) is 0 Å². The van der Waals surface area contributed by atoms with Crippen molar-refractivity contribution in [3.63, 3.8) is 0 Å². The fourth-order valence-electron chi connectivity index (χ4n) is 2.19. The number of carbonyl (C=O) groups excluding carboxylic acids is 1. The fraction of sp³-hybridized carbons (Fsp3) is 0. The highest BCUT2D eigenvalue weighted by Crippen LogP contribution is 2.25. The molecule has 0 atom stereocenters. The van der Waals surface area contributed by atoms with E-state index in [1.54, 1.807) is 24.4 Å². The molecule has 1 heterocycles. The van der Waals surface area contributed by atoms with Gasteiger partial charge in [0, 0.05) is 29.3 Å². The topological polar surface area (TPSA) is 82.0 Å². The van der Waals surface area contributed by atoms with Crippen LogP contribution in [0.4, 0.5) is 11.4 Å². The van der Waals surface area contributed by atoms with Gasteiger partial charge in [0.25, 0.3) is 0 Å². The average Bonchev–Trinajstić information content (AvgIpc) is 2.46. The third-order valence-electron chi connectivity index (χ3n) is 3.26. The summed E-state index contributed by atoms with van der Waals surface area (Å²) in [6, 6.07) is 12.9. The van der Waals surface area contributed by atoms with Gasteiger partial charge in [0.1, 0.15) is 0 Å². The highest BCUT2D eigenvalue weighted by atomic mass is 16.1. The summed E-state index contributed by atoms with van der Waals surface area (Å²) < 4.78 is 0. The van der Waals surface area contributed by atoms with Crippen LogP contribution >= 0.6 is 0 Å². The van der Waals surface area contributed by atoms with Crippen molar-refractivity contribution in [3.05, 3.63) is 66.0 Å². The molecule has 2 aromatic carbocycles. The standard InChI is InChI=1S/C16H13N3O/c17-14-5-6-19-9-13(14)16(20)12-7-10-3-1-2-4-11(10)8-15(12)18/h1-9H,18H2,(H2,17,19). The highest BCUT2D eigenvalue weighted by molar-refractivity contribution is 6.16. The number of nitrogens with zero attached hydrogens (tertiary/aromatic N) is 1. The zero-order valence-corrected chi connectivity index (χ0v) is 10.7. The Morgan fingerprint density at radius 3 is 2.30 bits per heavy atom. The van der Waals surface area contributed by atoms with Crippen molar-refractivity contribution < 1.29 is 4.79 Å². The molecule has 0 aliphatic heterocycles. The number of aromatic nitrogens is 1. The van der Waals surface area contributed by atoms with Gasteiger partial charge in [-0.25, -0.2) is 0 Å². The smallest absolute Gasteiger partial charge is 0.198 e. The molecule has 0 bridgehead atoms. The van der Waals surface area contributed by atoms with Crippen LogP contribution in [0, 0.1) is 0 Å². The van der Waals surface area contributed by atoms with Gasteiger partial charge in [-0.2, -0.15) is 0 Å². The Morgan fingerprint density at radius 1 is 0.900 bits per heavy atom. The monoisotopic (exact) mass is 263 g/mol. The van der Waals surface area contributed by atoms with Gasteiger partial charge in [-0.3, -0.25) is 9.78 Å². The number of rotatable bonds is 2. The SMILES string of the molecule is Nc1ccncc1C(=O)c1cc2ccccc2cc1N. The fourth-order valence-corrected chi connectivity index (χ4v) is 2.19. The normalized spacial score (nSPS) is 10.6. The van der Waals surface area contributed by atoms with Crippen molar-refractivity contribution in [3.8, 4) is 0 Å². The lowest BCUT2D eigenvalue weighted by Crippen LogP contribution is -2.08. The molecule has 4 heteroatoms. The molecule has 0 aliphatic rings. The Labute approximate surface area is 116 Å². The van der Waals surface area contributed by atoms with Gasteiger partial charge >= 0.3 is 0 Å². The quantitative estimate of drug-likeness (QED) is 0.550. The number of pyridine rings is 1. The second-order valence-electron chi connectivity index (χ2n) is 4.58. The summed E-state index contributed by atoms with van der Waals surface area (Å²) in [6.45, 7) is 0. The predicted molar refractivity (Wildman–Crippen MR) is 80.4 cm³/mol. The maximum atomic E-state index is 12.5. The molecule has 0 amide bonds. The highest BCUT2D eigenvalue weighted by Gasteiger charge is 2.15. The van der Waals surface area contributed by atoms with Gasteiger partial charge in [-0.1, -0.05) is 24.3 Å². The zero-order valence-electron chi connectivity index (χ0n) is 10.7. The second kappa shape index (κ2) is 4.66. The van der Waals surface area contributed by atoms with Gasteiger partial charge in [0.05, 0.1) is 5.56 Å². The van der Waals surface area contributed by atoms with Crippen molar-refractivity contribution >= 4 is 27.9 Å². The summed E-state index contributed by atoms with van der Waals surface area (Å²) in [6.07, 6.45) is 3.02. The van der Waals surface area contributed by atoms with Crippen LogP contribution in [-0.4, -0.2) is 10.8 Å². The molecule has 0 unspecified atom stereocenters. The van der Waals surface area contributed by atoms with Crippen molar-refractivity contribution in [1.82, 2.24) is 4.98 Å². The first-order chi connectivity index (χ1) is 9.66. The van der Waals surface area contributed by atoms with Crippen molar-refractivity contribution in [1.29, 1.82) is 0 Å². The lowest BCUT2D eigenvalue weighted by atomic mass is 9.98. The molecule has 4 N–H and O–H groups in total. The number of anilines is 2. The molecule has 0 saturated carbocycles. The van der Waals surface area contributed by atoms with Crippen molar-refractivity contribution in [2.45, 2.75) is 0 Å². The van der Waals surface area contributed by atoms with Crippen LogP contribution in [0.25, 0.3) is 10.8 Å². The first-order valence-corrected chi connectivity index (χ1v) is 6.19. The maximum absolute atomic E-state index is 12.5. The van der Waals surface area contributed by atoms with E-state index in [1.165, 1.54) is 6.20 Å². The maximum Gasteiger partial charge on any atom is 0.198 e. The minimum Gasteiger partial charge on any atom is -0.398 e. The van der Waals surface area contributed by atoms with E-state index in [0.29, 0.717) is 22.5 Å². The van der Waals surface area contributed by atoms with Crippen LogP contribution in [0.1, 0.15) is 15.9 Å². The van der Waals surface area contributed by atoms with E-state index >= 15 is 0 Å². The number of ketones is 1. The van der Waals surface area contributed by atoms with E-state index in [9.17, 15) is 4.79 Å². The summed E-state index contributed by atoms with van der Waals surface area (Å²) in [4.78, 5) is 16.5. The predicted octanol–water partition coefficient (Wildman–Crippen LogP) is 2.63. The molecule has 0 radical (unpaired) electrons. The molecule has 0 aliphatic carbocycles. The Balaban J connectivity index is 2.17. The van der Waals surface area contributed by atoms with Crippen molar-refractivity contribution in [2.75, 3.05) is 11.5 Å². The van der Waals surface area contributed by atoms with E-state index in [-0.39, 0.29) is 5.78 Å². The first kappa shape index (κ1) is 12.2. The number of hydrogen-bond acceptors (Lipinski definition) is 4. The summed E-state index contributed by atoms with van der Waals surface area (Å²) in [5.74, 6) is -0.209. The second-order valence-corrected chi connectivity index (χ2v) is 4.58. The Hall–Kier alpha value is -2.88. The summed E-state index contributed by atoms with van der Waals surface area (Å²) in [5, 5.41) is 1.97. The van der Waals surface area contributed by atoms with E-state index in [0.717, 1.165) is 10.8 Å². The molecule has 0 spiro atoms. The van der Waals surface area contributed by atoms with Crippen molar-refractivity contribution in [2.24, 2.45) is 0 Å². The molecule has 1 aromatic heterocycles. The molecule has 3 rings (SSSR count). The van der Waals surface area contributed by atoms with Crippen LogP contribution in [0.3, 0.4) is 0 Å². The number of benzene rings is 2. The number of nitrogen functional groups attached to an aromatic ring is 2. The number of hydrogen-bond donors (Lipinski definition) is 2. The van der Waals surface area contributed by atoms with E-state index in [2.05, 4.69) is 4.98 Å². The van der Waals surface area contributed by atoms with Gasteiger partial charge < -0.3 is 11.5 Å².